The van der Waals surface area contributed by atoms with Crippen LogP contribution in [0, 0.1) is 30.5 Å². The van der Waals surface area contributed by atoms with Crippen LogP contribution in [0.5, 0.6) is 5.75 Å². The number of carbonyl (C=O) groups excluding carboxylic acids is 1. The van der Waals surface area contributed by atoms with Crippen molar-refractivity contribution in [2.24, 2.45) is 17.8 Å². The number of halogens is 1. The van der Waals surface area contributed by atoms with Gasteiger partial charge in [0.1, 0.15) is 5.58 Å². The van der Waals surface area contributed by atoms with Gasteiger partial charge in [0.25, 0.3) is 5.91 Å². The Labute approximate surface area is 238 Å². The lowest BCUT2D eigenvalue weighted by atomic mass is 10.0. The number of hydrogen-bond acceptors (Lipinski definition) is 3. The number of carbonyl (C=O) groups is 1. The first-order valence-electron chi connectivity index (χ1n) is 14.8. The van der Waals surface area contributed by atoms with Gasteiger partial charge in [-0.15, -0.1) is 0 Å². The predicted molar refractivity (Wildman–Crippen MR) is 158 cm³/mol. The number of amides is 1. The quantitative estimate of drug-likeness (QED) is 0.241. The van der Waals surface area contributed by atoms with Crippen molar-refractivity contribution in [1.82, 2.24) is 9.47 Å². The molecule has 8 rings (SSSR count). The van der Waals surface area contributed by atoms with Gasteiger partial charge in [0.15, 0.2) is 17.3 Å². The Morgan fingerprint density at radius 1 is 1.00 bits per heavy atom. The molecule has 2 aliphatic carbocycles. The molecule has 6 heteroatoms. The molecular formula is C35H33FN2O3. The number of likely N-dealkylation sites (tertiary alicyclic amines) is 1. The summed E-state index contributed by atoms with van der Waals surface area (Å²) in [6.07, 6.45) is 4.77. The third kappa shape index (κ3) is 3.91. The first kappa shape index (κ1) is 24.7. The zero-order valence-corrected chi connectivity index (χ0v) is 23.4. The van der Waals surface area contributed by atoms with E-state index in [9.17, 15) is 14.3 Å². The van der Waals surface area contributed by atoms with Crippen LogP contribution in [-0.2, 0) is 6.54 Å². The van der Waals surface area contributed by atoms with Crippen LogP contribution >= 0.6 is 0 Å². The van der Waals surface area contributed by atoms with Crippen LogP contribution in [-0.4, -0.2) is 33.1 Å². The van der Waals surface area contributed by atoms with Crippen LogP contribution in [0.2, 0.25) is 0 Å². The summed E-state index contributed by atoms with van der Waals surface area (Å²) in [5, 5.41) is 11.8. The molecule has 2 aromatic heterocycles. The van der Waals surface area contributed by atoms with E-state index < -0.39 is 5.82 Å². The highest BCUT2D eigenvalue weighted by Crippen LogP contribution is 2.44. The number of phenolic OH excluding ortho intramolecular Hbond substituents is 1. The number of aryl methyl sites for hydroxylation is 1. The van der Waals surface area contributed by atoms with Crippen molar-refractivity contribution < 1.29 is 18.7 Å². The van der Waals surface area contributed by atoms with Gasteiger partial charge in [-0.3, -0.25) is 4.79 Å². The van der Waals surface area contributed by atoms with E-state index in [0.717, 1.165) is 69.5 Å². The molecule has 1 amide bonds. The summed E-state index contributed by atoms with van der Waals surface area (Å²) in [5.41, 5.74) is 6.22. The van der Waals surface area contributed by atoms with E-state index in [1.807, 2.05) is 24.3 Å². The topological polar surface area (TPSA) is 58.6 Å². The Morgan fingerprint density at radius 2 is 1.80 bits per heavy atom. The molecule has 3 atom stereocenters. The summed E-state index contributed by atoms with van der Waals surface area (Å²) in [4.78, 5) is 15.6. The summed E-state index contributed by atoms with van der Waals surface area (Å²) in [6, 6.07) is 19.1. The number of furan rings is 1. The van der Waals surface area contributed by atoms with Crippen LogP contribution in [0.25, 0.3) is 44.5 Å². The number of piperidine rings is 1. The molecule has 0 radical (unpaired) electrons. The van der Waals surface area contributed by atoms with E-state index in [1.54, 1.807) is 6.07 Å². The molecule has 5 nitrogen and oxygen atoms in total. The Balaban J connectivity index is 1.20. The maximum absolute atomic E-state index is 14.1. The van der Waals surface area contributed by atoms with Crippen molar-refractivity contribution >= 4 is 27.8 Å². The molecule has 5 aromatic rings. The van der Waals surface area contributed by atoms with Gasteiger partial charge in [-0.1, -0.05) is 31.2 Å². The van der Waals surface area contributed by atoms with E-state index in [0.29, 0.717) is 29.4 Å². The second-order valence-corrected chi connectivity index (χ2v) is 12.5. The third-order valence-corrected chi connectivity index (χ3v) is 10.0. The first-order valence-corrected chi connectivity index (χ1v) is 14.8. The van der Waals surface area contributed by atoms with Gasteiger partial charge in [-0.2, -0.15) is 0 Å². The van der Waals surface area contributed by atoms with Crippen LogP contribution < -0.4 is 0 Å². The van der Waals surface area contributed by atoms with Crippen molar-refractivity contribution in [2.75, 3.05) is 6.54 Å². The van der Waals surface area contributed by atoms with Gasteiger partial charge < -0.3 is 19.0 Å². The molecule has 1 saturated heterocycles. The molecule has 1 aliphatic heterocycles. The minimum absolute atomic E-state index is 0.114. The fourth-order valence-electron chi connectivity index (χ4n) is 7.38. The first-order chi connectivity index (χ1) is 19.9. The summed E-state index contributed by atoms with van der Waals surface area (Å²) in [7, 11) is 0. The van der Waals surface area contributed by atoms with Crippen LogP contribution in [0.4, 0.5) is 4.39 Å². The number of hydrogen-bond donors (Lipinski definition) is 1. The lowest BCUT2D eigenvalue weighted by molar-refractivity contribution is 0.0696. The molecule has 41 heavy (non-hydrogen) atoms. The monoisotopic (exact) mass is 548 g/mol. The molecule has 3 aromatic carbocycles. The molecule has 208 valence electrons. The standard InChI is InChI=1S/C35H33FN2O3/c1-19-26-8-11-29(19)38(18-26)35(40)25-7-10-27-20(2)34(41-33(27)16-25)31-15-24-6-5-23(22-9-12-32(39)28(36)13-22)14-30(24)37(31)17-21-3-4-21/h5-7,9-10,12-16,19,21,26,29,39H,3-4,8,11,17-18H2,1-2H3. The van der Waals surface area contributed by atoms with E-state index in [1.165, 1.54) is 31.4 Å². The summed E-state index contributed by atoms with van der Waals surface area (Å²) in [5.74, 6) is 1.82. The van der Waals surface area contributed by atoms with E-state index in [4.69, 9.17) is 4.42 Å². The van der Waals surface area contributed by atoms with Gasteiger partial charge in [0.05, 0.1) is 5.69 Å². The minimum Gasteiger partial charge on any atom is -0.505 e. The molecule has 3 heterocycles. The molecule has 3 aliphatic rings. The maximum Gasteiger partial charge on any atom is 0.254 e. The van der Waals surface area contributed by atoms with Gasteiger partial charge in [0, 0.05) is 46.5 Å². The number of fused-ring (bicyclic) bond motifs is 4. The highest BCUT2D eigenvalue weighted by Gasteiger charge is 2.46. The Hall–Kier alpha value is -4.06. The van der Waals surface area contributed by atoms with E-state index in [-0.39, 0.29) is 11.7 Å². The SMILES string of the molecule is Cc1c(-c2cc3ccc(-c4ccc(O)c(F)c4)cc3n2CC2CC2)oc2cc(C(=O)N3CC4CCC3C4C)ccc12. The Morgan fingerprint density at radius 3 is 2.54 bits per heavy atom. The Kier molecular flexibility index (Phi) is 5.41. The zero-order valence-electron chi connectivity index (χ0n) is 23.4. The number of aromatic hydroxyl groups is 1. The average Bonchev–Trinajstić information content (AvgIpc) is 3.39. The number of benzene rings is 3. The normalized spacial score (nSPS) is 21.9. The predicted octanol–water partition coefficient (Wildman–Crippen LogP) is 8.16. The number of aromatic nitrogens is 1. The third-order valence-electron chi connectivity index (χ3n) is 10.0. The second kappa shape index (κ2) is 8.97. The summed E-state index contributed by atoms with van der Waals surface area (Å²) >= 11 is 0. The molecule has 3 fully saturated rings. The largest absolute Gasteiger partial charge is 0.505 e. The maximum atomic E-state index is 14.1. The fraction of sp³-hybridized carbons (Fsp3) is 0.343. The van der Waals surface area contributed by atoms with E-state index in [2.05, 4.69) is 41.5 Å². The van der Waals surface area contributed by atoms with Gasteiger partial charge in [0.2, 0.25) is 0 Å². The number of phenols is 1. The molecular weight excluding hydrogens is 515 g/mol. The molecule has 1 N–H and O–H groups in total. The molecule has 2 saturated carbocycles. The van der Waals surface area contributed by atoms with Crippen LogP contribution in [0.1, 0.15) is 48.5 Å². The van der Waals surface area contributed by atoms with Gasteiger partial charge >= 0.3 is 0 Å². The van der Waals surface area contributed by atoms with Crippen molar-refractivity contribution in [2.45, 2.75) is 52.1 Å². The van der Waals surface area contributed by atoms with Crippen LogP contribution in [0.3, 0.4) is 0 Å². The van der Waals surface area contributed by atoms with Gasteiger partial charge in [-0.25, -0.2) is 4.39 Å². The van der Waals surface area contributed by atoms with Crippen molar-refractivity contribution in [3.63, 3.8) is 0 Å². The zero-order chi connectivity index (χ0) is 28.0. The number of rotatable bonds is 5. The second-order valence-electron chi connectivity index (χ2n) is 12.5. The van der Waals surface area contributed by atoms with Crippen molar-refractivity contribution in [3.05, 3.63) is 77.6 Å². The lowest BCUT2D eigenvalue weighted by Gasteiger charge is -2.27. The average molecular weight is 549 g/mol. The summed E-state index contributed by atoms with van der Waals surface area (Å²) in [6.45, 7) is 6.13. The highest BCUT2D eigenvalue weighted by atomic mass is 19.1. The van der Waals surface area contributed by atoms with Gasteiger partial charge in [-0.05, 0) is 97.9 Å². The minimum atomic E-state index is -0.626. The summed E-state index contributed by atoms with van der Waals surface area (Å²) < 4.78 is 23.0. The Bertz CT molecular complexity index is 1860. The van der Waals surface area contributed by atoms with Crippen molar-refractivity contribution in [1.29, 1.82) is 0 Å². The molecule has 2 bridgehead atoms. The highest BCUT2D eigenvalue weighted by molar-refractivity contribution is 6.00. The fourth-order valence-corrected chi connectivity index (χ4v) is 7.38. The molecule has 0 spiro atoms. The molecule has 3 unspecified atom stereocenters. The van der Waals surface area contributed by atoms with E-state index >= 15 is 0 Å². The smallest absolute Gasteiger partial charge is 0.254 e. The number of nitrogens with zero attached hydrogens (tertiary/aromatic N) is 2. The lowest BCUT2D eigenvalue weighted by Crippen LogP contribution is -2.38. The van der Waals surface area contributed by atoms with Crippen LogP contribution in [0.15, 0.2) is 65.1 Å². The van der Waals surface area contributed by atoms with Crippen molar-refractivity contribution in [3.8, 4) is 28.3 Å².